The lowest BCUT2D eigenvalue weighted by molar-refractivity contribution is 0.611. The number of halogens is 1. The molecule has 0 radical (unpaired) electrons. The van der Waals surface area contributed by atoms with E-state index in [0.29, 0.717) is 0 Å². The van der Waals surface area contributed by atoms with Crippen molar-refractivity contribution in [1.29, 1.82) is 0 Å². The minimum Gasteiger partial charge on any atom is -0.316 e. The van der Waals surface area contributed by atoms with E-state index < -0.39 is 0 Å². The number of nitrogens with one attached hydrogen (secondary N) is 1. The minimum absolute atomic E-state index is 0.834. The Labute approximate surface area is 142 Å². The molecule has 1 aromatic heterocycles. The van der Waals surface area contributed by atoms with Crippen LogP contribution >= 0.6 is 11.6 Å². The normalized spacial score (nSPS) is 18.0. The van der Waals surface area contributed by atoms with E-state index in [1.165, 1.54) is 33.5 Å². The standard InChI is InChI=1S/C20H21ClN2/c21-17-6-7-18-16(13-17)4-1-3-15-5-2-10-23-20(15)19(18)14-8-11-22-12-9-14/h2,5-7,10,13,22H,1,3-4,8-9,11-12H2. The SMILES string of the molecule is Clc1ccc2c(c1)CCCc1cccnc1C2=C1CCNCC1. The van der Waals surface area contributed by atoms with Crippen molar-refractivity contribution in [2.45, 2.75) is 32.1 Å². The minimum atomic E-state index is 0.834. The van der Waals surface area contributed by atoms with Crippen LogP contribution in [0, 0.1) is 0 Å². The summed E-state index contributed by atoms with van der Waals surface area (Å²) < 4.78 is 0. The van der Waals surface area contributed by atoms with Crippen LogP contribution in [0.5, 0.6) is 0 Å². The van der Waals surface area contributed by atoms with Crippen molar-refractivity contribution in [2.75, 3.05) is 13.1 Å². The van der Waals surface area contributed by atoms with Crippen LogP contribution in [0.2, 0.25) is 5.02 Å². The van der Waals surface area contributed by atoms with Crippen molar-refractivity contribution in [2.24, 2.45) is 0 Å². The van der Waals surface area contributed by atoms with Crippen LogP contribution in [0.4, 0.5) is 0 Å². The zero-order valence-electron chi connectivity index (χ0n) is 13.2. The molecule has 0 bridgehead atoms. The summed E-state index contributed by atoms with van der Waals surface area (Å²) in [4.78, 5) is 4.79. The molecule has 2 aliphatic rings. The Balaban J connectivity index is 1.97. The molecular formula is C20H21ClN2. The highest BCUT2D eigenvalue weighted by molar-refractivity contribution is 6.30. The van der Waals surface area contributed by atoms with Gasteiger partial charge in [0.2, 0.25) is 0 Å². The maximum atomic E-state index is 6.26. The number of aromatic nitrogens is 1. The first-order valence-corrected chi connectivity index (χ1v) is 8.86. The number of hydrogen-bond acceptors (Lipinski definition) is 2. The highest BCUT2D eigenvalue weighted by Crippen LogP contribution is 2.37. The Kier molecular flexibility index (Phi) is 4.19. The lowest BCUT2D eigenvalue weighted by Crippen LogP contribution is -2.24. The van der Waals surface area contributed by atoms with Gasteiger partial charge in [0.05, 0.1) is 5.69 Å². The Morgan fingerprint density at radius 1 is 0.957 bits per heavy atom. The lowest BCUT2D eigenvalue weighted by Gasteiger charge is -2.25. The van der Waals surface area contributed by atoms with Crippen LogP contribution in [-0.4, -0.2) is 18.1 Å². The average molecular weight is 325 g/mol. The predicted molar refractivity (Wildman–Crippen MR) is 95.8 cm³/mol. The fraction of sp³-hybridized carbons (Fsp3) is 0.350. The molecule has 0 saturated carbocycles. The molecule has 0 amide bonds. The van der Waals surface area contributed by atoms with Gasteiger partial charge in [-0.25, -0.2) is 0 Å². The Hall–Kier alpha value is -1.64. The monoisotopic (exact) mass is 324 g/mol. The summed E-state index contributed by atoms with van der Waals surface area (Å²) in [5, 5.41) is 4.30. The van der Waals surface area contributed by atoms with Crippen molar-refractivity contribution in [3.63, 3.8) is 0 Å². The smallest absolute Gasteiger partial charge is 0.0739 e. The fourth-order valence-corrected chi connectivity index (χ4v) is 4.01. The quantitative estimate of drug-likeness (QED) is 0.776. The first-order chi connectivity index (χ1) is 11.3. The Morgan fingerprint density at radius 3 is 2.65 bits per heavy atom. The summed E-state index contributed by atoms with van der Waals surface area (Å²) in [5.74, 6) is 0. The van der Waals surface area contributed by atoms with Gasteiger partial charge >= 0.3 is 0 Å². The first kappa shape index (κ1) is 14.9. The second-order valence-corrected chi connectivity index (χ2v) is 6.83. The van der Waals surface area contributed by atoms with Gasteiger partial charge in [0.25, 0.3) is 0 Å². The number of hydrogen-bond donors (Lipinski definition) is 1. The van der Waals surface area contributed by atoms with Crippen molar-refractivity contribution in [1.82, 2.24) is 10.3 Å². The van der Waals surface area contributed by atoms with E-state index in [-0.39, 0.29) is 0 Å². The van der Waals surface area contributed by atoms with Gasteiger partial charge < -0.3 is 5.32 Å². The van der Waals surface area contributed by atoms with E-state index in [2.05, 4.69) is 29.6 Å². The van der Waals surface area contributed by atoms with Crippen molar-refractivity contribution >= 4 is 17.2 Å². The van der Waals surface area contributed by atoms with Crippen LogP contribution in [-0.2, 0) is 12.8 Å². The molecule has 1 saturated heterocycles. The topological polar surface area (TPSA) is 24.9 Å². The molecule has 1 aromatic carbocycles. The molecule has 118 valence electrons. The van der Waals surface area contributed by atoms with Gasteiger partial charge in [-0.3, -0.25) is 4.98 Å². The summed E-state index contributed by atoms with van der Waals surface area (Å²) in [6.45, 7) is 2.12. The van der Waals surface area contributed by atoms with E-state index >= 15 is 0 Å². The first-order valence-electron chi connectivity index (χ1n) is 8.49. The average Bonchev–Trinajstić information content (AvgIpc) is 2.57. The number of piperidine rings is 1. The molecule has 1 fully saturated rings. The third-order valence-electron chi connectivity index (χ3n) is 4.92. The third kappa shape index (κ3) is 2.93. The zero-order chi connectivity index (χ0) is 15.6. The molecule has 0 spiro atoms. The highest BCUT2D eigenvalue weighted by Gasteiger charge is 2.22. The van der Waals surface area contributed by atoms with Gasteiger partial charge in [0, 0.05) is 16.8 Å². The molecule has 0 atom stereocenters. The molecule has 2 nitrogen and oxygen atoms in total. The van der Waals surface area contributed by atoms with E-state index in [0.717, 1.165) is 50.2 Å². The number of fused-ring (bicyclic) bond motifs is 2. The van der Waals surface area contributed by atoms with Crippen LogP contribution in [0.3, 0.4) is 0 Å². The van der Waals surface area contributed by atoms with Gasteiger partial charge in [-0.2, -0.15) is 0 Å². The number of nitrogens with zero attached hydrogens (tertiary/aromatic N) is 1. The van der Waals surface area contributed by atoms with E-state index in [1.54, 1.807) is 0 Å². The highest BCUT2D eigenvalue weighted by atomic mass is 35.5. The van der Waals surface area contributed by atoms with Crippen molar-refractivity contribution < 1.29 is 0 Å². The van der Waals surface area contributed by atoms with Crippen molar-refractivity contribution in [3.8, 4) is 0 Å². The maximum absolute atomic E-state index is 6.26. The molecule has 0 unspecified atom stereocenters. The molecule has 23 heavy (non-hydrogen) atoms. The Morgan fingerprint density at radius 2 is 1.78 bits per heavy atom. The molecule has 4 rings (SSSR count). The van der Waals surface area contributed by atoms with Gasteiger partial charge in [0.15, 0.2) is 0 Å². The fourth-order valence-electron chi connectivity index (χ4n) is 3.81. The van der Waals surface area contributed by atoms with Gasteiger partial charge in [-0.1, -0.05) is 29.3 Å². The van der Waals surface area contributed by atoms with Crippen LogP contribution < -0.4 is 5.32 Å². The largest absolute Gasteiger partial charge is 0.316 e. The second-order valence-electron chi connectivity index (χ2n) is 6.39. The lowest BCUT2D eigenvalue weighted by atomic mass is 9.83. The summed E-state index contributed by atoms with van der Waals surface area (Å²) in [7, 11) is 0. The van der Waals surface area contributed by atoms with Crippen LogP contribution in [0.25, 0.3) is 5.57 Å². The summed E-state index contributed by atoms with van der Waals surface area (Å²) in [6, 6.07) is 10.7. The third-order valence-corrected chi connectivity index (χ3v) is 5.15. The van der Waals surface area contributed by atoms with Crippen molar-refractivity contribution in [3.05, 3.63) is 69.5 Å². The number of rotatable bonds is 0. The number of pyridine rings is 1. The van der Waals surface area contributed by atoms with E-state index in [1.807, 2.05) is 12.3 Å². The number of benzene rings is 1. The van der Waals surface area contributed by atoms with Crippen LogP contribution in [0.15, 0.2) is 42.1 Å². The van der Waals surface area contributed by atoms with Crippen LogP contribution in [0.1, 0.15) is 41.6 Å². The molecule has 2 heterocycles. The second kappa shape index (κ2) is 6.46. The molecular weight excluding hydrogens is 304 g/mol. The predicted octanol–water partition coefficient (Wildman–Crippen LogP) is 4.41. The van der Waals surface area contributed by atoms with Gasteiger partial charge in [-0.05, 0) is 80.1 Å². The Bertz CT molecular complexity index is 756. The molecule has 1 aliphatic carbocycles. The van der Waals surface area contributed by atoms with Gasteiger partial charge in [0.1, 0.15) is 0 Å². The summed E-state index contributed by atoms with van der Waals surface area (Å²) in [5.41, 5.74) is 8.19. The summed E-state index contributed by atoms with van der Waals surface area (Å²) >= 11 is 6.26. The van der Waals surface area contributed by atoms with Gasteiger partial charge in [-0.15, -0.1) is 0 Å². The summed E-state index contributed by atoms with van der Waals surface area (Å²) in [6.07, 6.45) is 7.46. The molecule has 3 heteroatoms. The van der Waals surface area contributed by atoms with E-state index in [9.17, 15) is 0 Å². The van der Waals surface area contributed by atoms with E-state index in [4.69, 9.17) is 16.6 Å². The number of aryl methyl sites for hydroxylation is 2. The molecule has 1 N–H and O–H groups in total. The molecule has 2 aromatic rings. The zero-order valence-corrected chi connectivity index (χ0v) is 14.0. The maximum Gasteiger partial charge on any atom is 0.0739 e. The molecule has 1 aliphatic heterocycles.